The Morgan fingerprint density at radius 2 is 2.00 bits per heavy atom. The van der Waals surface area contributed by atoms with E-state index in [1.165, 1.54) is 12.1 Å². The first kappa shape index (κ1) is 20.6. The number of unbranched alkanes of at least 4 members (excludes halogenated alkanes) is 3. The number of ether oxygens (including phenoxy) is 1. The number of nitro benzene ring substituents is 1. The van der Waals surface area contributed by atoms with Gasteiger partial charge >= 0.3 is 16.5 Å². The Balaban J connectivity index is 2.43. The number of anilines is 1. The lowest BCUT2D eigenvalue weighted by molar-refractivity contribution is -0.383. The Bertz CT molecular complexity index is 725. The largest absolute Gasteiger partial charge is 0.466 e. The molecule has 1 aromatic rings. The van der Waals surface area contributed by atoms with Gasteiger partial charge in [0.25, 0.3) is 5.69 Å². The van der Waals surface area contributed by atoms with Crippen molar-refractivity contribution in [1.82, 2.24) is 0 Å². The molecule has 0 spiro atoms. The Morgan fingerprint density at radius 3 is 2.64 bits per heavy atom. The Labute approximate surface area is 147 Å². The molecule has 10 heteroatoms. The number of nitro groups is 1. The molecule has 25 heavy (non-hydrogen) atoms. The molecule has 1 N–H and O–H groups in total. The van der Waals surface area contributed by atoms with Gasteiger partial charge in [-0.3, -0.25) is 14.9 Å². The molecule has 0 aliphatic heterocycles. The molecule has 0 aliphatic carbocycles. The van der Waals surface area contributed by atoms with E-state index in [0.717, 1.165) is 31.7 Å². The maximum atomic E-state index is 11.2. The maximum absolute atomic E-state index is 11.2. The topological polar surface area (TPSA) is 128 Å². The third-order valence-electron chi connectivity index (χ3n) is 3.29. The van der Waals surface area contributed by atoms with Crippen molar-refractivity contribution in [1.29, 1.82) is 0 Å². The first-order valence-electron chi connectivity index (χ1n) is 7.93. The van der Waals surface area contributed by atoms with Crippen LogP contribution >= 0.6 is 0 Å². The van der Waals surface area contributed by atoms with E-state index < -0.39 is 15.4 Å². The predicted molar refractivity (Wildman–Crippen MR) is 92.3 cm³/mol. The predicted octanol–water partition coefficient (Wildman–Crippen LogP) is 3.21. The Morgan fingerprint density at radius 1 is 1.28 bits per heavy atom. The number of rotatable bonds is 11. The number of nitrogens with one attached hydrogen (secondary N) is 1. The molecule has 0 saturated heterocycles. The molecule has 0 fully saturated rings. The number of benzene rings is 1. The van der Waals surface area contributed by atoms with Gasteiger partial charge in [0.05, 0.1) is 17.2 Å². The van der Waals surface area contributed by atoms with E-state index in [-0.39, 0.29) is 17.3 Å². The summed E-state index contributed by atoms with van der Waals surface area (Å²) in [4.78, 5) is 21.7. The van der Waals surface area contributed by atoms with Crippen LogP contribution in [0, 0.1) is 10.1 Å². The molecule has 9 nitrogen and oxygen atoms in total. The molecular formula is C15H21N3O6S. The van der Waals surface area contributed by atoms with Crippen molar-refractivity contribution in [3.63, 3.8) is 0 Å². The minimum Gasteiger partial charge on any atom is -0.466 e. The zero-order valence-corrected chi connectivity index (χ0v) is 14.8. The lowest BCUT2D eigenvalue weighted by atomic mass is 10.1. The highest BCUT2D eigenvalue weighted by molar-refractivity contribution is 7.61. The molecular weight excluding hydrogens is 350 g/mol. The quantitative estimate of drug-likeness (QED) is 0.274. The maximum Gasteiger partial charge on any atom is 0.316 e. The van der Waals surface area contributed by atoms with E-state index >= 15 is 0 Å². The van der Waals surface area contributed by atoms with Gasteiger partial charge in [-0.1, -0.05) is 12.8 Å². The number of carbonyl (C=O) groups excluding carboxylic acids is 1. The average Bonchev–Trinajstić information content (AvgIpc) is 2.54. The van der Waals surface area contributed by atoms with Crippen LogP contribution in [-0.2, 0) is 20.0 Å². The summed E-state index contributed by atoms with van der Waals surface area (Å²) in [6.45, 7) is 2.69. The summed E-state index contributed by atoms with van der Waals surface area (Å²) in [5.74, 6) is -0.194. The zero-order valence-electron chi connectivity index (χ0n) is 13.9. The smallest absolute Gasteiger partial charge is 0.316 e. The number of hydrogen-bond donors (Lipinski definition) is 1. The lowest BCUT2D eigenvalue weighted by Gasteiger charge is -2.07. The molecule has 0 radical (unpaired) electrons. The third kappa shape index (κ3) is 8.25. The van der Waals surface area contributed by atoms with Gasteiger partial charge in [0.1, 0.15) is 5.69 Å². The molecule has 1 aromatic carbocycles. The Kier molecular flexibility index (Phi) is 9.15. The fraction of sp³-hybridized carbons (Fsp3) is 0.533. The van der Waals surface area contributed by atoms with Crippen LogP contribution < -0.4 is 5.32 Å². The third-order valence-corrected chi connectivity index (χ3v) is 3.65. The van der Waals surface area contributed by atoms with Crippen molar-refractivity contribution in [3.8, 4) is 0 Å². The molecule has 0 unspecified atom stereocenters. The molecule has 0 amide bonds. The Hall–Kier alpha value is -2.49. The summed E-state index contributed by atoms with van der Waals surface area (Å²) in [6.07, 6.45) is 3.69. The summed E-state index contributed by atoms with van der Waals surface area (Å²) >= 11 is 0. The van der Waals surface area contributed by atoms with Crippen LogP contribution in [0.1, 0.15) is 39.0 Å². The van der Waals surface area contributed by atoms with Crippen LogP contribution in [-0.4, -0.2) is 32.5 Å². The second-order valence-electron chi connectivity index (χ2n) is 5.16. The van der Waals surface area contributed by atoms with Crippen LogP contribution in [0.15, 0.2) is 22.6 Å². The highest BCUT2D eigenvalue weighted by Gasteiger charge is 2.14. The molecule has 138 valence electrons. The van der Waals surface area contributed by atoms with E-state index in [9.17, 15) is 23.3 Å². The first-order chi connectivity index (χ1) is 11.9. The molecule has 1 rings (SSSR count). The zero-order chi connectivity index (χ0) is 18.7. The van der Waals surface area contributed by atoms with Gasteiger partial charge in [-0.25, -0.2) is 0 Å². The van der Waals surface area contributed by atoms with Crippen molar-refractivity contribution in [3.05, 3.63) is 28.3 Å². The normalized spacial score (nSPS) is 10.1. The van der Waals surface area contributed by atoms with Gasteiger partial charge in [-0.15, -0.1) is 4.36 Å². The van der Waals surface area contributed by atoms with Crippen molar-refractivity contribution < 1.29 is 22.9 Å². The van der Waals surface area contributed by atoms with Crippen molar-refractivity contribution in [2.75, 3.05) is 18.5 Å². The fourth-order valence-corrected chi connectivity index (χ4v) is 2.45. The van der Waals surface area contributed by atoms with Crippen LogP contribution in [0.5, 0.6) is 0 Å². The lowest BCUT2D eigenvalue weighted by Crippen LogP contribution is -2.05. The molecule has 0 heterocycles. The van der Waals surface area contributed by atoms with Crippen LogP contribution in [0.2, 0.25) is 0 Å². The fourth-order valence-electron chi connectivity index (χ4n) is 2.17. The highest BCUT2D eigenvalue weighted by atomic mass is 32.2. The standard InChI is InChI=1S/C15H21N3O6S/c1-2-24-15(19)7-5-3-4-6-10-16-13-9-8-12(17-25(22)23)11-14(13)18(20)21/h8-9,11,16H,2-7,10H2,1H3. The van der Waals surface area contributed by atoms with Crippen LogP contribution in [0.4, 0.5) is 17.1 Å². The summed E-state index contributed by atoms with van der Waals surface area (Å²) in [5.41, 5.74) is 0.0886. The minimum absolute atomic E-state index is 0.00421. The van der Waals surface area contributed by atoms with Crippen molar-refractivity contribution in [2.24, 2.45) is 4.36 Å². The van der Waals surface area contributed by atoms with Crippen molar-refractivity contribution in [2.45, 2.75) is 39.0 Å². The van der Waals surface area contributed by atoms with E-state index in [1.54, 1.807) is 6.92 Å². The number of esters is 1. The number of hydrogen-bond acceptors (Lipinski definition) is 8. The SMILES string of the molecule is CCOC(=O)CCCCCCNc1ccc(N=S(=O)=O)cc1[N+](=O)[O-]. The average molecular weight is 371 g/mol. The van der Waals surface area contributed by atoms with Gasteiger partial charge in [0.2, 0.25) is 0 Å². The molecule has 0 aliphatic rings. The van der Waals surface area contributed by atoms with Gasteiger partial charge in [0.15, 0.2) is 0 Å². The second-order valence-corrected chi connectivity index (χ2v) is 5.78. The van der Waals surface area contributed by atoms with Gasteiger partial charge < -0.3 is 10.1 Å². The summed E-state index contributed by atoms with van der Waals surface area (Å²) < 4.78 is 29.1. The van der Waals surface area contributed by atoms with E-state index in [1.807, 2.05) is 0 Å². The summed E-state index contributed by atoms with van der Waals surface area (Å²) in [5, 5.41) is 14.0. The van der Waals surface area contributed by atoms with Gasteiger partial charge in [-0.05, 0) is 31.9 Å². The van der Waals surface area contributed by atoms with E-state index in [4.69, 9.17) is 4.74 Å². The first-order valence-corrected chi connectivity index (χ1v) is 8.96. The van der Waals surface area contributed by atoms with E-state index in [0.29, 0.717) is 25.3 Å². The highest BCUT2D eigenvalue weighted by Crippen LogP contribution is 2.29. The molecule has 0 bridgehead atoms. The minimum atomic E-state index is -2.66. The molecule has 0 aromatic heterocycles. The van der Waals surface area contributed by atoms with Crippen molar-refractivity contribution >= 4 is 33.5 Å². The molecule has 0 atom stereocenters. The van der Waals surface area contributed by atoms with E-state index in [2.05, 4.69) is 9.68 Å². The molecule has 0 saturated carbocycles. The number of carbonyl (C=O) groups is 1. The van der Waals surface area contributed by atoms with Crippen LogP contribution in [0.3, 0.4) is 0 Å². The van der Waals surface area contributed by atoms with Crippen LogP contribution in [0.25, 0.3) is 0 Å². The van der Waals surface area contributed by atoms with Gasteiger partial charge in [-0.2, -0.15) is 8.42 Å². The summed E-state index contributed by atoms with van der Waals surface area (Å²) in [6, 6.07) is 3.94. The summed E-state index contributed by atoms with van der Waals surface area (Å²) in [7, 11) is -2.66. The monoisotopic (exact) mass is 371 g/mol. The van der Waals surface area contributed by atoms with Gasteiger partial charge in [0, 0.05) is 19.0 Å². The number of nitrogens with zero attached hydrogens (tertiary/aromatic N) is 2. The second kappa shape index (κ2) is 11.1.